The van der Waals surface area contributed by atoms with Gasteiger partial charge in [0.1, 0.15) is 5.82 Å². The normalized spacial score (nSPS) is 16.1. The summed E-state index contributed by atoms with van der Waals surface area (Å²) in [7, 11) is 0. The van der Waals surface area contributed by atoms with Gasteiger partial charge in [-0.15, -0.1) is 0 Å². The first-order valence-corrected chi connectivity index (χ1v) is 9.84. The summed E-state index contributed by atoms with van der Waals surface area (Å²) in [4.78, 5) is 13.9. The van der Waals surface area contributed by atoms with Gasteiger partial charge in [-0.3, -0.25) is 4.90 Å². The lowest BCUT2D eigenvalue weighted by atomic mass is 10.1. The van der Waals surface area contributed by atoms with Gasteiger partial charge in [0.25, 0.3) is 0 Å². The number of anilines is 3. The van der Waals surface area contributed by atoms with Crippen LogP contribution >= 0.6 is 0 Å². The SMILES string of the molecule is c1ccc(Nc2ccnc(N3CCN(Cc4ccc5c(c4)OCO5)CC3)n2)cc1. The number of fused-ring (bicyclic) bond motifs is 1. The number of para-hydroxylation sites is 1. The third-order valence-corrected chi connectivity index (χ3v) is 5.19. The number of hydrogen-bond donors (Lipinski definition) is 1. The summed E-state index contributed by atoms with van der Waals surface area (Å²) < 4.78 is 10.9. The molecule has 3 heterocycles. The summed E-state index contributed by atoms with van der Waals surface area (Å²) in [6.45, 7) is 4.96. The van der Waals surface area contributed by atoms with Crippen molar-refractivity contribution in [1.82, 2.24) is 14.9 Å². The number of piperazine rings is 1. The van der Waals surface area contributed by atoms with Crippen molar-refractivity contribution in [3.63, 3.8) is 0 Å². The molecule has 0 amide bonds. The fraction of sp³-hybridized carbons (Fsp3) is 0.273. The maximum absolute atomic E-state index is 5.49. The maximum Gasteiger partial charge on any atom is 0.231 e. The minimum atomic E-state index is 0.315. The Morgan fingerprint density at radius 2 is 1.72 bits per heavy atom. The van der Waals surface area contributed by atoms with E-state index in [1.54, 1.807) is 0 Å². The largest absolute Gasteiger partial charge is 0.454 e. The number of hydrogen-bond acceptors (Lipinski definition) is 7. The molecule has 2 aliphatic heterocycles. The van der Waals surface area contributed by atoms with Gasteiger partial charge < -0.3 is 19.7 Å². The van der Waals surface area contributed by atoms with Crippen LogP contribution in [0.2, 0.25) is 0 Å². The Labute approximate surface area is 169 Å². The summed E-state index contributed by atoms with van der Waals surface area (Å²) >= 11 is 0. The second-order valence-electron chi connectivity index (χ2n) is 7.18. The summed E-state index contributed by atoms with van der Waals surface area (Å²) in [5, 5.41) is 3.34. The lowest BCUT2D eigenvalue weighted by Gasteiger charge is -2.34. The lowest BCUT2D eigenvalue weighted by molar-refractivity contribution is 0.174. The highest BCUT2D eigenvalue weighted by Crippen LogP contribution is 2.33. The van der Waals surface area contributed by atoms with E-state index in [9.17, 15) is 0 Å². The predicted octanol–water partition coefficient (Wildman–Crippen LogP) is 3.27. The van der Waals surface area contributed by atoms with Gasteiger partial charge in [0, 0.05) is 44.6 Å². The van der Waals surface area contributed by atoms with Crippen LogP contribution < -0.4 is 19.7 Å². The second-order valence-corrected chi connectivity index (χ2v) is 7.18. The van der Waals surface area contributed by atoms with Crippen LogP contribution in [0.15, 0.2) is 60.8 Å². The highest BCUT2D eigenvalue weighted by atomic mass is 16.7. The Kier molecular flexibility index (Phi) is 4.88. The Morgan fingerprint density at radius 1 is 0.897 bits per heavy atom. The zero-order valence-electron chi connectivity index (χ0n) is 16.1. The van der Waals surface area contributed by atoms with E-state index < -0.39 is 0 Å². The van der Waals surface area contributed by atoms with E-state index in [1.165, 1.54) is 5.56 Å². The Hall–Kier alpha value is -3.32. The van der Waals surface area contributed by atoms with E-state index in [1.807, 2.05) is 48.7 Å². The highest BCUT2D eigenvalue weighted by molar-refractivity contribution is 5.56. The van der Waals surface area contributed by atoms with Crippen LogP contribution in [0.1, 0.15) is 5.56 Å². The molecule has 7 heteroatoms. The van der Waals surface area contributed by atoms with E-state index in [2.05, 4.69) is 32.2 Å². The fourth-order valence-corrected chi connectivity index (χ4v) is 3.64. The van der Waals surface area contributed by atoms with Gasteiger partial charge in [0.15, 0.2) is 11.5 Å². The van der Waals surface area contributed by atoms with Crippen molar-refractivity contribution in [2.75, 3.05) is 43.2 Å². The minimum Gasteiger partial charge on any atom is -0.454 e. The van der Waals surface area contributed by atoms with Crippen molar-refractivity contribution in [2.45, 2.75) is 6.54 Å². The summed E-state index contributed by atoms with van der Waals surface area (Å²) in [5.74, 6) is 3.26. The molecule has 0 atom stereocenters. The summed E-state index contributed by atoms with van der Waals surface area (Å²) in [5.41, 5.74) is 2.26. The lowest BCUT2D eigenvalue weighted by Crippen LogP contribution is -2.46. The van der Waals surface area contributed by atoms with Crippen molar-refractivity contribution < 1.29 is 9.47 Å². The molecule has 3 aromatic rings. The Morgan fingerprint density at radius 3 is 2.59 bits per heavy atom. The third kappa shape index (κ3) is 4.09. The van der Waals surface area contributed by atoms with Gasteiger partial charge in [0.05, 0.1) is 0 Å². The minimum absolute atomic E-state index is 0.315. The van der Waals surface area contributed by atoms with Crippen molar-refractivity contribution >= 4 is 17.5 Å². The van der Waals surface area contributed by atoms with Gasteiger partial charge in [-0.2, -0.15) is 4.98 Å². The highest BCUT2D eigenvalue weighted by Gasteiger charge is 2.20. The molecule has 5 rings (SSSR count). The van der Waals surface area contributed by atoms with Crippen LogP contribution in [0.5, 0.6) is 11.5 Å². The summed E-state index contributed by atoms with van der Waals surface area (Å²) in [6.07, 6.45) is 1.81. The molecule has 148 valence electrons. The number of rotatable bonds is 5. The van der Waals surface area contributed by atoms with Gasteiger partial charge in [0.2, 0.25) is 12.7 Å². The standard InChI is InChI=1S/C22H23N5O2/c1-2-4-18(5-3-1)24-21-8-9-23-22(25-21)27-12-10-26(11-13-27)15-17-6-7-19-20(14-17)29-16-28-19/h1-9,14H,10-13,15-16H2,(H,23,24,25). The monoisotopic (exact) mass is 389 g/mol. The molecule has 1 N–H and O–H groups in total. The van der Waals surface area contributed by atoms with E-state index in [-0.39, 0.29) is 0 Å². The zero-order chi connectivity index (χ0) is 19.5. The molecule has 1 aromatic heterocycles. The molecule has 0 saturated carbocycles. The number of nitrogens with one attached hydrogen (secondary N) is 1. The van der Waals surface area contributed by atoms with Gasteiger partial charge in [-0.1, -0.05) is 24.3 Å². The molecular formula is C22H23N5O2. The first kappa shape index (κ1) is 17.8. The number of aromatic nitrogens is 2. The fourth-order valence-electron chi connectivity index (χ4n) is 3.64. The first-order valence-electron chi connectivity index (χ1n) is 9.84. The van der Waals surface area contributed by atoms with Crippen LogP contribution in [0.25, 0.3) is 0 Å². The number of nitrogens with zero attached hydrogens (tertiary/aromatic N) is 4. The summed E-state index contributed by atoms with van der Waals surface area (Å²) in [6, 6.07) is 18.1. The Bertz CT molecular complexity index is 974. The molecule has 29 heavy (non-hydrogen) atoms. The van der Waals surface area contributed by atoms with Gasteiger partial charge in [-0.25, -0.2) is 4.98 Å². The van der Waals surface area contributed by atoms with Crippen LogP contribution in [0.4, 0.5) is 17.5 Å². The molecule has 0 radical (unpaired) electrons. The maximum atomic E-state index is 5.49. The Balaban J connectivity index is 1.19. The van der Waals surface area contributed by atoms with E-state index in [4.69, 9.17) is 14.5 Å². The molecule has 0 spiro atoms. The average molecular weight is 389 g/mol. The molecule has 0 unspecified atom stereocenters. The van der Waals surface area contributed by atoms with Crippen molar-refractivity contribution in [3.8, 4) is 11.5 Å². The third-order valence-electron chi connectivity index (χ3n) is 5.19. The van der Waals surface area contributed by atoms with E-state index >= 15 is 0 Å². The van der Waals surface area contributed by atoms with Gasteiger partial charge >= 0.3 is 0 Å². The smallest absolute Gasteiger partial charge is 0.231 e. The van der Waals surface area contributed by atoms with Crippen LogP contribution in [0.3, 0.4) is 0 Å². The molecule has 1 saturated heterocycles. The molecule has 0 aliphatic carbocycles. The molecular weight excluding hydrogens is 366 g/mol. The van der Waals surface area contributed by atoms with E-state index in [0.717, 1.165) is 61.7 Å². The number of ether oxygens (including phenoxy) is 2. The predicted molar refractivity (Wildman–Crippen MR) is 112 cm³/mol. The van der Waals surface area contributed by atoms with Gasteiger partial charge in [-0.05, 0) is 35.9 Å². The second kappa shape index (κ2) is 7.97. The van der Waals surface area contributed by atoms with Crippen LogP contribution in [0, 0.1) is 0 Å². The van der Waals surface area contributed by atoms with E-state index in [0.29, 0.717) is 6.79 Å². The topological polar surface area (TPSA) is 62.8 Å². The molecule has 2 aromatic carbocycles. The molecule has 7 nitrogen and oxygen atoms in total. The molecule has 1 fully saturated rings. The quantitative estimate of drug-likeness (QED) is 0.718. The van der Waals surface area contributed by atoms with Crippen LogP contribution in [-0.4, -0.2) is 47.8 Å². The molecule has 2 aliphatic rings. The van der Waals surface area contributed by atoms with Crippen molar-refractivity contribution in [3.05, 3.63) is 66.4 Å². The number of benzene rings is 2. The van der Waals surface area contributed by atoms with Crippen molar-refractivity contribution in [1.29, 1.82) is 0 Å². The zero-order valence-corrected chi connectivity index (χ0v) is 16.1. The van der Waals surface area contributed by atoms with Crippen molar-refractivity contribution in [2.24, 2.45) is 0 Å². The molecule has 0 bridgehead atoms. The first-order chi connectivity index (χ1) is 14.3. The average Bonchev–Trinajstić information content (AvgIpc) is 3.23. The van der Waals surface area contributed by atoms with Crippen LogP contribution in [-0.2, 0) is 6.54 Å².